The highest BCUT2D eigenvalue weighted by Crippen LogP contribution is 2.16. The summed E-state index contributed by atoms with van der Waals surface area (Å²) in [6.45, 7) is 3.97. The molecule has 0 atom stereocenters. The fourth-order valence-corrected chi connectivity index (χ4v) is 2.56. The summed E-state index contributed by atoms with van der Waals surface area (Å²) in [5.41, 5.74) is 1.00. The van der Waals surface area contributed by atoms with E-state index in [1.807, 2.05) is 43.1 Å². The summed E-state index contributed by atoms with van der Waals surface area (Å²) in [5.74, 6) is 0.481. The molecular formula is C16H23ClIN5O2. The van der Waals surface area contributed by atoms with Gasteiger partial charge in [0.15, 0.2) is 5.96 Å². The Labute approximate surface area is 169 Å². The van der Waals surface area contributed by atoms with Gasteiger partial charge in [-0.3, -0.25) is 14.7 Å². The molecule has 1 saturated heterocycles. The second-order valence-electron chi connectivity index (χ2n) is 5.39. The zero-order valence-corrected chi connectivity index (χ0v) is 17.4. The van der Waals surface area contributed by atoms with Crippen molar-refractivity contribution >= 4 is 53.5 Å². The predicted octanol–water partition coefficient (Wildman–Crippen LogP) is 1.91. The fourth-order valence-electron chi connectivity index (χ4n) is 2.36. The van der Waals surface area contributed by atoms with Crippen LogP contribution < -0.4 is 10.6 Å². The average molecular weight is 480 g/mol. The molecule has 25 heavy (non-hydrogen) atoms. The molecule has 0 aromatic heterocycles. The maximum absolute atomic E-state index is 11.6. The Morgan fingerprint density at radius 2 is 2.12 bits per heavy atom. The minimum Gasteiger partial charge on any atom is -0.357 e. The molecule has 1 aromatic rings. The van der Waals surface area contributed by atoms with E-state index < -0.39 is 0 Å². The summed E-state index contributed by atoms with van der Waals surface area (Å²) in [6, 6.07) is 7.30. The first-order valence-electron chi connectivity index (χ1n) is 7.84. The van der Waals surface area contributed by atoms with E-state index in [1.54, 1.807) is 0 Å². The van der Waals surface area contributed by atoms with Gasteiger partial charge in [-0.2, -0.15) is 0 Å². The summed E-state index contributed by atoms with van der Waals surface area (Å²) < 4.78 is 0. The standard InChI is InChI=1S/C16H22ClN5O2.HI/c1-3-18-15(19-8-9-22-14(23)10-20-16(22)24)21(2)11-12-6-4-5-7-13(12)17;/h4-7H,3,8-11H2,1-2H3,(H,18,19)(H,20,24);1H. The van der Waals surface area contributed by atoms with Crippen LogP contribution in [0.4, 0.5) is 4.79 Å². The van der Waals surface area contributed by atoms with Crippen LogP contribution >= 0.6 is 35.6 Å². The monoisotopic (exact) mass is 479 g/mol. The number of aliphatic imine (C=N–C) groups is 1. The van der Waals surface area contributed by atoms with Gasteiger partial charge in [-0.15, -0.1) is 24.0 Å². The molecule has 9 heteroatoms. The summed E-state index contributed by atoms with van der Waals surface area (Å²) in [6.07, 6.45) is 0. The lowest BCUT2D eigenvalue weighted by molar-refractivity contribution is -0.124. The Morgan fingerprint density at radius 1 is 1.40 bits per heavy atom. The lowest BCUT2D eigenvalue weighted by Gasteiger charge is -2.23. The average Bonchev–Trinajstić information content (AvgIpc) is 2.88. The molecule has 138 valence electrons. The minimum atomic E-state index is -0.357. The molecule has 0 aliphatic carbocycles. The number of rotatable bonds is 6. The second-order valence-corrected chi connectivity index (χ2v) is 5.79. The van der Waals surface area contributed by atoms with E-state index in [4.69, 9.17) is 11.6 Å². The van der Waals surface area contributed by atoms with Crippen LogP contribution in [-0.2, 0) is 11.3 Å². The Morgan fingerprint density at radius 3 is 2.72 bits per heavy atom. The minimum absolute atomic E-state index is 0. The van der Waals surface area contributed by atoms with E-state index in [1.165, 1.54) is 4.90 Å². The number of urea groups is 1. The van der Waals surface area contributed by atoms with Crippen molar-refractivity contribution < 1.29 is 9.59 Å². The first kappa shape index (κ1) is 21.5. The van der Waals surface area contributed by atoms with Crippen molar-refractivity contribution in [2.75, 3.05) is 33.2 Å². The Kier molecular flexibility index (Phi) is 8.98. The van der Waals surface area contributed by atoms with Crippen LogP contribution in [0.2, 0.25) is 5.02 Å². The number of amides is 3. The van der Waals surface area contributed by atoms with Crippen LogP contribution in [0.25, 0.3) is 0 Å². The molecule has 0 saturated carbocycles. The third-order valence-electron chi connectivity index (χ3n) is 3.58. The number of nitrogens with zero attached hydrogens (tertiary/aromatic N) is 3. The number of imide groups is 1. The number of hydrogen-bond donors (Lipinski definition) is 2. The molecule has 1 fully saturated rings. The number of nitrogens with one attached hydrogen (secondary N) is 2. The van der Waals surface area contributed by atoms with Crippen LogP contribution in [0.15, 0.2) is 29.3 Å². The number of guanidine groups is 1. The van der Waals surface area contributed by atoms with Crippen LogP contribution in [0, 0.1) is 0 Å². The Hall–Kier alpha value is -1.55. The molecule has 1 heterocycles. The van der Waals surface area contributed by atoms with Crippen molar-refractivity contribution in [3.8, 4) is 0 Å². The molecule has 7 nitrogen and oxygen atoms in total. The molecular weight excluding hydrogens is 457 g/mol. The van der Waals surface area contributed by atoms with E-state index in [-0.39, 0.29) is 49.0 Å². The maximum Gasteiger partial charge on any atom is 0.324 e. The summed E-state index contributed by atoms with van der Waals surface area (Å²) in [7, 11) is 1.92. The van der Waals surface area contributed by atoms with E-state index >= 15 is 0 Å². The van der Waals surface area contributed by atoms with Gasteiger partial charge in [-0.05, 0) is 18.6 Å². The topological polar surface area (TPSA) is 77.0 Å². The summed E-state index contributed by atoms with van der Waals surface area (Å²) in [5, 5.41) is 6.40. The number of carbonyl (C=O) groups excluding carboxylic acids is 2. The number of carbonyl (C=O) groups is 2. The van der Waals surface area contributed by atoms with Crippen molar-refractivity contribution in [1.82, 2.24) is 20.4 Å². The molecule has 1 aromatic carbocycles. The summed E-state index contributed by atoms with van der Waals surface area (Å²) in [4.78, 5) is 30.7. The highest BCUT2D eigenvalue weighted by Gasteiger charge is 2.27. The highest BCUT2D eigenvalue weighted by molar-refractivity contribution is 14.0. The SMILES string of the molecule is CCNC(=NCCN1C(=O)CNC1=O)N(C)Cc1ccccc1Cl.I. The molecule has 0 bridgehead atoms. The molecule has 0 spiro atoms. The van der Waals surface area contributed by atoms with Crippen molar-refractivity contribution in [1.29, 1.82) is 0 Å². The van der Waals surface area contributed by atoms with Gasteiger partial charge < -0.3 is 15.5 Å². The van der Waals surface area contributed by atoms with Gasteiger partial charge in [-0.25, -0.2) is 4.79 Å². The lowest BCUT2D eigenvalue weighted by atomic mass is 10.2. The van der Waals surface area contributed by atoms with Crippen LogP contribution in [-0.4, -0.2) is 60.9 Å². The molecule has 1 aliphatic rings. The van der Waals surface area contributed by atoms with Crippen molar-refractivity contribution in [3.05, 3.63) is 34.9 Å². The zero-order chi connectivity index (χ0) is 17.5. The third kappa shape index (κ3) is 6.03. The second kappa shape index (κ2) is 10.4. The van der Waals surface area contributed by atoms with Gasteiger partial charge in [0.05, 0.1) is 19.6 Å². The molecule has 1 aliphatic heterocycles. The van der Waals surface area contributed by atoms with E-state index in [2.05, 4.69) is 15.6 Å². The van der Waals surface area contributed by atoms with Crippen molar-refractivity contribution in [2.24, 2.45) is 4.99 Å². The molecule has 0 radical (unpaired) electrons. The fraction of sp³-hybridized carbons (Fsp3) is 0.438. The predicted molar refractivity (Wildman–Crippen MR) is 109 cm³/mol. The quantitative estimate of drug-likeness (QED) is 0.283. The summed E-state index contributed by atoms with van der Waals surface area (Å²) >= 11 is 6.20. The normalized spacial score (nSPS) is 14.2. The first-order chi connectivity index (χ1) is 11.5. The van der Waals surface area contributed by atoms with Gasteiger partial charge in [0, 0.05) is 25.2 Å². The van der Waals surface area contributed by atoms with Crippen molar-refractivity contribution in [2.45, 2.75) is 13.5 Å². The third-order valence-corrected chi connectivity index (χ3v) is 3.95. The Balaban J connectivity index is 0.00000312. The Bertz CT molecular complexity index is 625. The molecule has 3 amide bonds. The number of hydrogen-bond acceptors (Lipinski definition) is 3. The van der Waals surface area contributed by atoms with Gasteiger partial charge in [0.1, 0.15) is 0 Å². The van der Waals surface area contributed by atoms with Gasteiger partial charge in [-0.1, -0.05) is 29.8 Å². The smallest absolute Gasteiger partial charge is 0.324 e. The highest BCUT2D eigenvalue weighted by atomic mass is 127. The van der Waals surface area contributed by atoms with Crippen LogP contribution in [0.1, 0.15) is 12.5 Å². The largest absolute Gasteiger partial charge is 0.357 e. The first-order valence-corrected chi connectivity index (χ1v) is 8.21. The molecule has 0 unspecified atom stereocenters. The lowest BCUT2D eigenvalue weighted by Crippen LogP contribution is -2.39. The maximum atomic E-state index is 11.6. The number of benzene rings is 1. The van der Waals surface area contributed by atoms with Crippen molar-refractivity contribution in [3.63, 3.8) is 0 Å². The van der Waals surface area contributed by atoms with E-state index in [0.717, 1.165) is 12.1 Å². The van der Waals surface area contributed by atoms with Gasteiger partial charge >= 0.3 is 6.03 Å². The van der Waals surface area contributed by atoms with Gasteiger partial charge in [0.2, 0.25) is 5.91 Å². The van der Waals surface area contributed by atoms with E-state index in [9.17, 15) is 9.59 Å². The van der Waals surface area contributed by atoms with Crippen LogP contribution in [0.3, 0.4) is 0 Å². The van der Waals surface area contributed by atoms with E-state index in [0.29, 0.717) is 24.1 Å². The zero-order valence-electron chi connectivity index (χ0n) is 14.3. The number of halogens is 2. The molecule has 2 rings (SSSR count). The molecule has 2 N–H and O–H groups in total. The van der Waals surface area contributed by atoms with Gasteiger partial charge in [0.25, 0.3) is 0 Å². The van der Waals surface area contributed by atoms with Crippen LogP contribution in [0.5, 0.6) is 0 Å².